The summed E-state index contributed by atoms with van der Waals surface area (Å²) in [5, 5.41) is 0. The van der Waals surface area contributed by atoms with E-state index in [1.54, 1.807) is 14.1 Å². The Kier molecular flexibility index (Phi) is 8.43. The van der Waals surface area contributed by atoms with Gasteiger partial charge in [0.2, 0.25) is 11.8 Å². The molecule has 0 atom stereocenters. The number of carbonyl (C=O) groups excluding carboxylic acids is 4. The monoisotopic (exact) mass is 284 g/mol. The number of ketones is 2. The zero-order valence-corrected chi connectivity index (χ0v) is 12.8. The van der Waals surface area contributed by atoms with Gasteiger partial charge in [-0.3, -0.25) is 9.59 Å². The van der Waals surface area contributed by atoms with Crippen LogP contribution in [0.3, 0.4) is 0 Å². The molecule has 20 heavy (non-hydrogen) atoms. The van der Waals surface area contributed by atoms with Crippen molar-refractivity contribution in [2.45, 2.75) is 39.5 Å². The van der Waals surface area contributed by atoms with Crippen molar-refractivity contribution >= 4 is 23.4 Å². The van der Waals surface area contributed by atoms with E-state index >= 15 is 0 Å². The first kappa shape index (κ1) is 18.3. The highest BCUT2D eigenvalue weighted by atomic mass is 16.2. The van der Waals surface area contributed by atoms with Crippen LogP contribution in [-0.4, -0.2) is 60.4 Å². The van der Waals surface area contributed by atoms with E-state index in [2.05, 4.69) is 0 Å². The molecule has 0 fully saturated rings. The number of Topliss-reactive ketones (excluding diaryl/α,β-unsaturated/α-hetero) is 2. The molecule has 0 bridgehead atoms. The maximum Gasteiger partial charge on any atom is 0.222 e. The van der Waals surface area contributed by atoms with Gasteiger partial charge < -0.3 is 19.4 Å². The van der Waals surface area contributed by atoms with Crippen LogP contribution < -0.4 is 0 Å². The van der Waals surface area contributed by atoms with E-state index in [9.17, 15) is 19.2 Å². The van der Waals surface area contributed by atoms with E-state index in [0.717, 1.165) is 0 Å². The molecule has 0 spiro atoms. The van der Waals surface area contributed by atoms with Gasteiger partial charge in [0.05, 0.1) is 0 Å². The van der Waals surface area contributed by atoms with Crippen LogP contribution in [0, 0.1) is 0 Å². The first-order valence-electron chi connectivity index (χ1n) is 6.70. The maximum atomic E-state index is 11.7. The number of likely N-dealkylation sites (N-methyl/N-ethyl adjacent to an activating group) is 2. The molecule has 0 aromatic rings. The molecule has 0 saturated carbocycles. The number of amides is 2. The normalized spacial score (nSPS) is 10.0. The minimum atomic E-state index is -0.107. The summed E-state index contributed by atoms with van der Waals surface area (Å²) in [7, 11) is 3.30. The van der Waals surface area contributed by atoms with E-state index < -0.39 is 0 Å². The summed E-state index contributed by atoms with van der Waals surface area (Å²) >= 11 is 0. The summed E-state index contributed by atoms with van der Waals surface area (Å²) in [4.78, 5) is 48.0. The minimum absolute atomic E-state index is 0.0109. The van der Waals surface area contributed by atoms with Crippen molar-refractivity contribution in [2.75, 3.05) is 27.2 Å². The van der Waals surface area contributed by atoms with Gasteiger partial charge in [-0.2, -0.15) is 0 Å². The highest BCUT2D eigenvalue weighted by Crippen LogP contribution is 1.99. The molecule has 0 unspecified atom stereocenters. The van der Waals surface area contributed by atoms with E-state index in [1.165, 1.54) is 23.6 Å². The molecule has 0 aromatic carbocycles. The zero-order valence-electron chi connectivity index (χ0n) is 12.8. The average Bonchev–Trinajstić information content (AvgIpc) is 2.38. The third-order valence-corrected chi connectivity index (χ3v) is 3.00. The summed E-state index contributed by atoms with van der Waals surface area (Å²) in [6, 6.07) is 0. The van der Waals surface area contributed by atoms with Crippen molar-refractivity contribution in [3.05, 3.63) is 0 Å². The highest BCUT2D eigenvalue weighted by Gasteiger charge is 2.13. The smallest absolute Gasteiger partial charge is 0.222 e. The Bertz CT molecular complexity index is 343. The van der Waals surface area contributed by atoms with E-state index in [1.807, 2.05) is 0 Å². The number of rotatable bonds is 9. The van der Waals surface area contributed by atoms with Gasteiger partial charge in [0.25, 0.3) is 0 Å². The number of carbonyl (C=O) groups is 4. The summed E-state index contributed by atoms with van der Waals surface area (Å²) in [5.41, 5.74) is 0. The molecule has 0 N–H and O–H groups in total. The lowest BCUT2D eigenvalue weighted by Crippen LogP contribution is -2.37. The van der Waals surface area contributed by atoms with Gasteiger partial charge in [-0.05, 0) is 13.8 Å². The third kappa shape index (κ3) is 8.39. The fourth-order valence-corrected chi connectivity index (χ4v) is 1.50. The summed E-state index contributed by atoms with van der Waals surface area (Å²) in [5.74, 6) is -0.235. The molecule has 0 aliphatic carbocycles. The van der Waals surface area contributed by atoms with E-state index in [4.69, 9.17) is 0 Å². The predicted molar refractivity (Wildman–Crippen MR) is 75.1 cm³/mol. The maximum absolute atomic E-state index is 11.7. The summed E-state index contributed by atoms with van der Waals surface area (Å²) < 4.78 is 0. The molecule has 0 aliphatic heterocycles. The Balaban J connectivity index is 4.00. The Morgan fingerprint density at radius 3 is 1.20 bits per heavy atom. The number of hydrogen-bond acceptors (Lipinski definition) is 4. The van der Waals surface area contributed by atoms with Gasteiger partial charge >= 0.3 is 0 Å². The van der Waals surface area contributed by atoms with E-state index in [-0.39, 0.29) is 49.1 Å². The standard InChI is InChI=1S/C14H24N2O4/c1-11(17)5-7-13(19)15(3)9-10-16(4)14(20)8-6-12(2)18/h5-10H2,1-4H3. The Hall–Kier alpha value is -1.72. The molecule has 0 aliphatic rings. The second-order valence-electron chi connectivity index (χ2n) is 5.03. The van der Waals surface area contributed by atoms with Gasteiger partial charge in [0.1, 0.15) is 11.6 Å². The largest absolute Gasteiger partial charge is 0.344 e. The van der Waals surface area contributed by atoms with Crippen LogP contribution in [0.25, 0.3) is 0 Å². The molecule has 6 heteroatoms. The minimum Gasteiger partial charge on any atom is -0.344 e. The van der Waals surface area contributed by atoms with Crippen molar-refractivity contribution in [2.24, 2.45) is 0 Å². The predicted octanol–water partition coefficient (Wildman–Crippen LogP) is 0.642. The highest BCUT2D eigenvalue weighted by molar-refractivity contribution is 5.84. The van der Waals surface area contributed by atoms with Crippen molar-refractivity contribution in [3.63, 3.8) is 0 Å². The quantitative estimate of drug-likeness (QED) is 0.623. The first-order valence-corrected chi connectivity index (χ1v) is 6.70. The molecule has 2 amide bonds. The van der Waals surface area contributed by atoms with Crippen LogP contribution in [0.1, 0.15) is 39.5 Å². The summed E-state index contributed by atoms with van der Waals surface area (Å²) in [6.07, 6.45) is 0.898. The fourth-order valence-electron chi connectivity index (χ4n) is 1.50. The Morgan fingerprint density at radius 1 is 0.650 bits per heavy atom. The molecule has 6 nitrogen and oxygen atoms in total. The average molecular weight is 284 g/mol. The van der Waals surface area contributed by atoms with Crippen LogP contribution in [-0.2, 0) is 19.2 Å². The molecule has 114 valence electrons. The topological polar surface area (TPSA) is 74.8 Å². The molecule has 0 rings (SSSR count). The van der Waals surface area contributed by atoms with Crippen LogP contribution in [0.15, 0.2) is 0 Å². The van der Waals surface area contributed by atoms with Crippen molar-refractivity contribution in [1.29, 1.82) is 0 Å². The Labute approximate surface area is 120 Å². The third-order valence-electron chi connectivity index (χ3n) is 3.00. The second kappa shape index (κ2) is 9.23. The van der Waals surface area contributed by atoms with Crippen molar-refractivity contribution in [3.8, 4) is 0 Å². The molecule has 0 heterocycles. The molecule has 0 aromatic heterocycles. The molecule has 0 saturated heterocycles. The van der Waals surface area contributed by atoms with Crippen LogP contribution >= 0.6 is 0 Å². The van der Waals surface area contributed by atoms with Crippen LogP contribution in [0.5, 0.6) is 0 Å². The molecular weight excluding hydrogens is 260 g/mol. The van der Waals surface area contributed by atoms with Crippen LogP contribution in [0.4, 0.5) is 0 Å². The van der Waals surface area contributed by atoms with Crippen LogP contribution in [0.2, 0.25) is 0 Å². The van der Waals surface area contributed by atoms with Gasteiger partial charge in [0, 0.05) is 52.9 Å². The van der Waals surface area contributed by atoms with Gasteiger partial charge in [0.15, 0.2) is 0 Å². The van der Waals surface area contributed by atoms with Crippen molar-refractivity contribution < 1.29 is 19.2 Å². The van der Waals surface area contributed by atoms with Gasteiger partial charge in [-0.25, -0.2) is 0 Å². The Morgan fingerprint density at radius 2 is 0.950 bits per heavy atom. The van der Waals surface area contributed by atoms with E-state index in [0.29, 0.717) is 13.1 Å². The van der Waals surface area contributed by atoms with Crippen molar-refractivity contribution in [1.82, 2.24) is 9.80 Å². The first-order chi connectivity index (χ1) is 9.23. The lowest BCUT2D eigenvalue weighted by atomic mass is 10.2. The number of nitrogens with zero attached hydrogens (tertiary/aromatic N) is 2. The SMILES string of the molecule is CC(=O)CCC(=O)N(C)CCN(C)C(=O)CCC(C)=O. The summed E-state index contributed by atoms with van der Waals surface area (Å²) in [6.45, 7) is 3.74. The zero-order chi connectivity index (χ0) is 15.7. The lowest BCUT2D eigenvalue weighted by molar-refractivity contribution is -0.134. The lowest BCUT2D eigenvalue weighted by Gasteiger charge is -2.22. The van der Waals surface area contributed by atoms with Gasteiger partial charge in [-0.15, -0.1) is 0 Å². The molecule has 0 radical (unpaired) electrons. The second-order valence-corrected chi connectivity index (χ2v) is 5.03. The fraction of sp³-hybridized carbons (Fsp3) is 0.714. The molecular formula is C14H24N2O4. The van der Waals surface area contributed by atoms with Gasteiger partial charge in [-0.1, -0.05) is 0 Å². The number of hydrogen-bond donors (Lipinski definition) is 0.